The molecule has 0 aliphatic carbocycles. The molecule has 1 aromatic rings. The van der Waals surface area contributed by atoms with E-state index in [4.69, 9.17) is 4.74 Å². The second kappa shape index (κ2) is 6.08. The lowest BCUT2D eigenvalue weighted by molar-refractivity contribution is -0.156. The molecule has 118 valence electrons. The summed E-state index contributed by atoms with van der Waals surface area (Å²) in [6.07, 6.45) is 1.19. The molecule has 2 aliphatic heterocycles. The van der Waals surface area contributed by atoms with Crippen LogP contribution in [-0.4, -0.2) is 46.8 Å². The van der Waals surface area contributed by atoms with E-state index < -0.39 is 12.3 Å². The van der Waals surface area contributed by atoms with Crippen LogP contribution in [0.1, 0.15) is 38.5 Å². The number of unbranched alkanes of at least 4 members (excludes halogenated alkanes) is 1. The summed E-state index contributed by atoms with van der Waals surface area (Å²) in [4.78, 5) is 28.6. The molecular formula is C17H22N2O3. The summed E-state index contributed by atoms with van der Waals surface area (Å²) in [5.41, 5.74) is 0.917. The minimum atomic E-state index is -0.497. The molecule has 0 N–H and O–H groups in total. The maximum Gasteiger partial charge on any atom is 0.248 e. The van der Waals surface area contributed by atoms with Crippen molar-refractivity contribution in [3.05, 3.63) is 35.9 Å². The van der Waals surface area contributed by atoms with Gasteiger partial charge in [-0.25, -0.2) is 0 Å². The van der Waals surface area contributed by atoms with Crippen LogP contribution in [0.2, 0.25) is 0 Å². The van der Waals surface area contributed by atoms with Gasteiger partial charge in [0.15, 0.2) is 6.23 Å². The first-order chi connectivity index (χ1) is 10.6. The Kier molecular flexibility index (Phi) is 4.16. The Morgan fingerprint density at radius 1 is 1.23 bits per heavy atom. The molecule has 2 aliphatic rings. The van der Waals surface area contributed by atoms with Gasteiger partial charge in [-0.05, 0) is 13.3 Å². The van der Waals surface area contributed by atoms with Crippen molar-refractivity contribution in [3.63, 3.8) is 0 Å². The smallest absolute Gasteiger partial charge is 0.248 e. The minimum absolute atomic E-state index is 0.0129. The number of fused-ring (bicyclic) bond motifs is 1. The molecule has 0 saturated carbocycles. The zero-order valence-corrected chi connectivity index (χ0v) is 13.1. The number of hydrogen-bond acceptors (Lipinski definition) is 3. The van der Waals surface area contributed by atoms with E-state index in [1.165, 1.54) is 0 Å². The average molecular weight is 302 g/mol. The normalized spacial score (nSPS) is 28.2. The van der Waals surface area contributed by atoms with Gasteiger partial charge in [-0.3, -0.25) is 14.5 Å². The Balaban J connectivity index is 1.85. The standard InChI is InChI=1S/C17H22N2O3/c1-3-4-10-18-11-14(20)19-15(16(18)21)12(2)22-17(19)13-8-6-5-7-9-13/h5-9,12,15,17H,3-4,10-11H2,1-2H3/t12-,15+,17+/m1/s1. The molecule has 5 nitrogen and oxygen atoms in total. The zero-order valence-electron chi connectivity index (χ0n) is 13.1. The van der Waals surface area contributed by atoms with Crippen LogP contribution in [0.5, 0.6) is 0 Å². The highest BCUT2D eigenvalue weighted by Gasteiger charge is 2.51. The van der Waals surface area contributed by atoms with Gasteiger partial charge < -0.3 is 9.64 Å². The minimum Gasteiger partial charge on any atom is -0.348 e. The van der Waals surface area contributed by atoms with Crippen molar-refractivity contribution >= 4 is 11.8 Å². The molecule has 2 saturated heterocycles. The molecule has 3 atom stereocenters. The van der Waals surface area contributed by atoms with E-state index >= 15 is 0 Å². The topological polar surface area (TPSA) is 49.9 Å². The second-order valence-corrected chi connectivity index (χ2v) is 5.96. The molecule has 0 bridgehead atoms. The largest absolute Gasteiger partial charge is 0.348 e. The van der Waals surface area contributed by atoms with Crippen LogP contribution in [0.3, 0.4) is 0 Å². The quantitative estimate of drug-likeness (QED) is 0.854. The number of amides is 2. The second-order valence-electron chi connectivity index (χ2n) is 5.96. The summed E-state index contributed by atoms with van der Waals surface area (Å²) in [6.45, 7) is 4.76. The number of rotatable bonds is 4. The summed E-state index contributed by atoms with van der Waals surface area (Å²) in [7, 11) is 0. The van der Waals surface area contributed by atoms with Crippen LogP contribution >= 0.6 is 0 Å². The van der Waals surface area contributed by atoms with Gasteiger partial charge in [0.2, 0.25) is 11.8 Å². The molecule has 2 heterocycles. The number of carbonyl (C=O) groups is 2. The van der Waals surface area contributed by atoms with E-state index in [2.05, 4.69) is 6.92 Å². The Morgan fingerprint density at radius 2 is 1.95 bits per heavy atom. The fourth-order valence-corrected chi connectivity index (χ4v) is 3.23. The van der Waals surface area contributed by atoms with Gasteiger partial charge in [0.05, 0.1) is 12.6 Å². The summed E-state index contributed by atoms with van der Waals surface area (Å²) < 4.78 is 5.95. The number of carbonyl (C=O) groups excluding carboxylic acids is 2. The van der Waals surface area contributed by atoms with Crippen molar-refractivity contribution in [2.24, 2.45) is 0 Å². The summed E-state index contributed by atoms with van der Waals surface area (Å²) in [6, 6.07) is 9.13. The number of hydrogen-bond donors (Lipinski definition) is 0. The molecule has 5 heteroatoms. The number of benzene rings is 1. The molecule has 1 aromatic carbocycles. The Hall–Kier alpha value is -1.88. The zero-order chi connectivity index (χ0) is 15.7. The Bertz CT molecular complexity index is 560. The fourth-order valence-electron chi connectivity index (χ4n) is 3.23. The van der Waals surface area contributed by atoms with E-state index in [1.54, 1.807) is 9.80 Å². The number of nitrogens with zero attached hydrogens (tertiary/aromatic N) is 2. The van der Waals surface area contributed by atoms with Crippen LogP contribution in [0.25, 0.3) is 0 Å². The first kappa shape index (κ1) is 15.0. The Morgan fingerprint density at radius 3 is 2.64 bits per heavy atom. The predicted octanol–water partition coefficient (Wildman–Crippen LogP) is 1.94. The van der Waals surface area contributed by atoms with Crippen LogP contribution in [0.4, 0.5) is 0 Å². The van der Waals surface area contributed by atoms with Crippen molar-refractivity contribution in [1.29, 1.82) is 0 Å². The molecule has 0 aromatic heterocycles. The third kappa shape index (κ3) is 2.50. The highest BCUT2D eigenvalue weighted by Crippen LogP contribution is 2.37. The van der Waals surface area contributed by atoms with Crippen LogP contribution in [-0.2, 0) is 14.3 Å². The van der Waals surface area contributed by atoms with Crippen molar-refractivity contribution < 1.29 is 14.3 Å². The van der Waals surface area contributed by atoms with Crippen LogP contribution in [0.15, 0.2) is 30.3 Å². The fraction of sp³-hybridized carbons (Fsp3) is 0.529. The third-order valence-electron chi connectivity index (χ3n) is 4.39. The third-order valence-corrected chi connectivity index (χ3v) is 4.39. The van der Waals surface area contributed by atoms with Crippen molar-refractivity contribution in [2.45, 2.75) is 45.1 Å². The number of piperazine rings is 1. The lowest BCUT2D eigenvalue weighted by Gasteiger charge is -2.38. The molecule has 0 spiro atoms. The van der Waals surface area contributed by atoms with Gasteiger partial charge >= 0.3 is 0 Å². The lowest BCUT2D eigenvalue weighted by Crippen LogP contribution is -2.60. The van der Waals surface area contributed by atoms with E-state index in [1.807, 2.05) is 37.3 Å². The summed E-state index contributed by atoms with van der Waals surface area (Å²) >= 11 is 0. The van der Waals surface area contributed by atoms with Gasteiger partial charge in [0.1, 0.15) is 6.04 Å². The summed E-state index contributed by atoms with van der Waals surface area (Å²) in [5.74, 6) is -0.0158. The van der Waals surface area contributed by atoms with Gasteiger partial charge in [0.25, 0.3) is 0 Å². The summed E-state index contributed by atoms with van der Waals surface area (Å²) in [5, 5.41) is 0. The van der Waals surface area contributed by atoms with Crippen LogP contribution in [0, 0.1) is 0 Å². The molecule has 0 radical (unpaired) electrons. The van der Waals surface area contributed by atoms with Crippen molar-refractivity contribution in [3.8, 4) is 0 Å². The van der Waals surface area contributed by atoms with Gasteiger partial charge in [-0.15, -0.1) is 0 Å². The van der Waals surface area contributed by atoms with Crippen LogP contribution < -0.4 is 0 Å². The van der Waals surface area contributed by atoms with E-state index in [-0.39, 0.29) is 24.5 Å². The Labute approximate surface area is 130 Å². The molecule has 0 unspecified atom stereocenters. The molecule has 2 amide bonds. The number of ether oxygens (including phenoxy) is 1. The van der Waals surface area contributed by atoms with Gasteiger partial charge in [-0.2, -0.15) is 0 Å². The predicted molar refractivity (Wildman–Crippen MR) is 81.9 cm³/mol. The first-order valence-electron chi connectivity index (χ1n) is 7.94. The molecule has 22 heavy (non-hydrogen) atoms. The highest BCUT2D eigenvalue weighted by atomic mass is 16.5. The molecule has 2 fully saturated rings. The van der Waals surface area contributed by atoms with E-state index in [0.717, 1.165) is 18.4 Å². The van der Waals surface area contributed by atoms with E-state index in [0.29, 0.717) is 6.54 Å². The SMILES string of the molecule is CCCCN1CC(=O)N2[C@H](C1=O)[C@@H](C)O[C@H]2c1ccccc1. The maximum atomic E-state index is 12.7. The van der Waals surface area contributed by atoms with Crippen molar-refractivity contribution in [1.82, 2.24) is 9.80 Å². The lowest BCUT2D eigenvalue weighted by atomic mass is 10.1. The molecular weight excluding hydrogens is 280 g/mol. The van der Waals surface area contributed by atoms with Gasteiger partial charge in [0, 0.05) is 12.1 Å². The average Bonchev–Trinajstić information content (AvgIpc) is 2.88. The molecule has 3 rings (SSSR count). The van der Waals surface area contributed by atoms with Crippen molar-refractivity contribution in [2.75, 3.05) is 13.1 Å². The van der Waals surface area contributed by atoms with Gasteiger partial charge in [-0.1, -0.05) is 43.7 Å². The van der Waals surface area contributed by atoms with E-state index in [9.17, 15) is 9.59 Å². The maximum absolute atomic E-state index is 12.7. The first-order valence-corrected chi connectivity index (χ1v) is 7.94. The highest BCUT2D eigenvalue weighted by molar-refractivity contribution is 5.96. The monoisotopic (exact) mass is 302 g/mol.